The number of hydrogen-bond donors (Lipinski definition) is 0. The number of furan rings is 1. The summed E-state index contributed by atoms with van der Waals surface area (Å²) in [5, 5.41) is 3.33. The summed E-state index contributed by atoms with van der Waals surface area (Å²) in [7, 11) is 0. The van der Waals surface area contributed by atoms with Gasteiger partial charge in [-0.3, -0.25) is 4.98 Å². The van der Waals surface area contributed by atoms with Crippen LogP contribution in [-0.2, 0) is 0 Å². The molecule has 4 rings (SSSR count). The minimum Gasteiger partial charge on any atom is -0.464 e. The first-order valence-electron chi connectivity index (χ1n) is 5.93. The maximum atomic E-state index is 11.9. The third kappa shape index (κ3) is 1.28. The van der Waals surface area contributed by atoms with Gasteiger partial charge >= 0.3 is 5.63 Å². The van der Waals surface area contributed by atoms with Crippen LogP contribution in [0.2, 0.25) is 0 Å². The van der Waals surface area contributed by atoms with Crippen LogP contribution in [0.4, 0.5) is 0 Å². The fourth-order valence-electron chi connectivity index (χ4n) is 2.60. The summed E-state index contributed by atoms with van der Waals surface area (Å²) < 4.78 is 10.8. The summed E-state index contributed by atoms with van der Waals surface area (Å²) in [6.07, 6.45) is 4.86. The lowest BCUT2D eigenvalue weighted by molar-refractivity contribution is 0.567. The van der Waals surface area contributed by atoms with E-state index in [4.69, 9.17) is 8.83 Å². The predicted octanol–water partition coefficient (Wildman–Crippen LogP) is 3.40. The molecule has 1 aromatic carbocycles. The Balaban J connectivity index is 2.41. The SMILES string of the molecule is Cc1c2ccoc2cc2oc(=O)c3cnccc3c12. The predicted molar refractivity (Wildman–Crippen MR) is 72.3 cm³/mol. The summed E-state index contributed by atoms with van der Waals surface area (Å²) in [5.41, 5.74) is 1.94. The van der Waals surface area contributed by atoms with E-state index >= 15 is 0 Å². The zero-order chi connectivity index (χ0) is 13.0. The van der Waals surface area contributed by atoms with Gasteiger partial charge in [0, 0.05) is 34.6 Å². The van der Waals surface area contributed by atoms with Gasteiger partial charge in [0.1, 0.15) is 11.2 Å². The Bertz CT molecular complexity index is 995. The topological polar surface area (TPSA) is 56.2 Å². The van der Waals surface area contributed by atoms with Crippen LogP contribution in [0.1, 0.15) is 5.56 Å². The fraction of sp³-hybridized carbons (Fsp3) is 0.0667. The van der Waals surface area contributed by atoms with Crippen LogP contribution < -0.4 is 5.63 Å². The van der Waals surface area contributed by atoms with E-state index in [9.17, 15) is 4.79 Å². The second-order valence-electron chi connectivity index (χ2n) is 4.52. The zero-order valence-electron chi connectivity index (χ0n) is 10.1. The van der Waals surface area contributed by atoms with Crippen molar-refractivity contribution in [3.63, 3.8) is 0 Å². The minimum atomic E-state index is -0.374. The second kappa shape index (κ2) is 3.45. The molecule has 3 aromatic heterocycles. The summed E-state index contributed by atoms with van der Waals surface area (Å²) >= 11 is 0. The molecule has 0 bridgehead atoms. The Morgan fingerprint density at radius 1 is 1.11 bits per heavy atom. The molecule has 0 N–H and O–H groups in total. The van der Waals surface area contributed by atoms with Crippen molar-refractivity contribution in [2.75, 3.05) is 0 Å². The first kappa shape index (κ1) is 10.3. The third-order valence-corrected chi connectivity index (χ3v) is 3.50. The Kier molecular flexibility index (Phi) is 1.87. The molecule has 0 amide bonds. The molecular weight excluding hydrogens is 242 g/mol. The van der Waals surface area contributed by atoms with Gasteiger partial charge < -0.3 is 8.83 Å². The maximum Gasteiger partial charge on any atom is 0.345 e. The smallest absolute Gasteiger partial charge is 0.345 e. The molecule has 4 nitrogen and oxygen atoms in total. The zero-order valence-corrected chi connectivity index (χ0v) is 10.1. The number of benzene rings is 1. The van der Waals surface area contributed by atoms with E-state index in [0.717, 1.165) is 27.3 Å². The first-order valence-corrected chi connectivity index (χ1v) is 5.93. The molecule has 92 valence electrons. The van der Waals surface area contributed by atoms with Crippen molar-refractivity contribution in [1.29, 1.82) is 0 Å². The molecule has 4 heteroatoms. The van der Waals surface area contributed by atoms with Crippen molar-refractivity contribution in [2.24, 2.45) is 0 Å². The Morgan fingerprint density at radius 3 is 2.89 bits per heavy atom. The van der Waals surface area contributed by atoms with Gasteiger partial charge in [0.2, 0.25) is 0 Å². The average Bonchev–Trinajstić information content (AvgIpc) is 2.87. The Labute approximate surface area is 107 Å². The number of aryl methyl sites for hydroxylation is 1. The lowest BCUT2D eigenvalue weighted by Gasteiger charge is -2.05. The highest BCUT2D eigenvalue weighted by atomic mass is 16.4. The van der Waals surface area contributed by atoms with Gasteiger partial charge in [0.25, 0.3) is 0 Å². The quantitative estimate of drug-likeness (QED) is 0.355. The van der Waals surface area contributed by atoms with Crippen molar-refractivity contribution in [3.05, 3.63) is 52.8 Å². The molecule has 3 heterocycles. The largest absolute Gasteiger partial charge is 0.464 e. The highest BCUT2D eigenvalue weighted by Crippen LogP contribution is 2.31. The van der Waals surface area contributed by atoms with E-state index in [1.165, 1.54) is 0 Å². The van der Waals surface area contributed by atoms with Crippen molar-refractivity contribution >= 4 is 32.7 Å². The molecule has 0 radical (unpaired) electrons. The monoisotopic (exact) mass is 251 g/mol. The second-order valence-corrected chi connectivity index (χ2v) is 4.52. The fourth-order valence-corrected chi connectivity index (χ4v) is 2.60. The molecule has 0 atom stereocenters. The molecule has 0 saturated heterocycles. The van der Waals surface area contributed by atoms with Gasteiger partial charge in [-0.2, -0.15) is 0 Å². The molecule has 19 heavy (non-hydrogen) atoms. The molecule has 0 saturated carbocycles. The van der Waals surface area contributed by atoms with Crippen LogP contribution >= 0.6 is 0 Å². The highest BCUT2D eigenvalue weighted by molar-refractivity contribution is 6.10. The third-order valence-electron chi connectivity index (χ3n) is 3.50. The summed E-state index contributed by atoms with van der Waals surface area (Å²) in [6, 6.07) is 5.52. The lowest BCUT2D eigenvalue weighted by atomic mass is 10.0. The van der Waals surface area contributed by atoms with Crippen LogP contribution in [0.3, 0.4) is 0 Å². The van der Waals surface area contributed by atoms with E-state index in [1.54, 1.807) is 24.7 Å². The van der Waals surface area contributed by atoms with Crippen LogP contribution in [-0.4, -0.2) is 4.98 Å². The van der Waals surface area contributed by atoms with Crippen LogP contribution in [0.15, 0.2) is 50.5 Å². The van der Waals surface area contributed by atoms with Crippen LogP contribution in [0.25, 0.3) is 32.7 Å². The van der Waals surface area contributed by atoms with Gasteiger partial charge in [-0.15, -0.1) is 0 Å². The first-order chi connectivity index (χ1) is 9.25. The molecule has 0 fully saturated rings. The molecular formula is C15H9NO3. The molecule has 4 aromatic rings. The molecule has 0 aliphatic rings. The van der Waals surface area contributed by atoms with E-state index in [1.807, 2.05) is 19.1 Å². The van der Waals surface area contributed by atoms with Crippen molar-refractivity contribution in [3.8, 4) is 0 Å². The maximum absolute atomic E-state index is 11.9. The molecule has 0 unspecified atom stereocenters. The van der Waals surface area contributed by atoms with Crippen molar-refractivity contribution in [2.45, 2.75) is 6.92 Å². The van der Waals surface area contributed by atoms with Gasteiger partial charge in [-0.25, -0.2) is 4.79 Å². The van der Waals surface area contributed by atoms with Gasteiger partial charge in [-0.05, 0) is 24.6 Å². The average molecular weight is 251 g/mol. The highest BCUT2D eigenvalue weighted by Gasteiger charge is 2.13. The number of pyridine rings is 1. The van der Waals surface area contributed by atoms with Gasteiger partial charge in [-0.1, -0.05) is 0 Å². The number of aromatic nitrogens is 1. The molecule has 0 aliphatic heterocycles. The summed E-state index contributed by atoms with van der Waals surface area (Å²) in [5.74, 6) is 0. The normalized spacial score (nSPS) is 11.6. The molecule has 0 aliphatic carbocycles. The summed E-state index contributed by atoms with van der Waals surface area (Å²) in [4.78, 5) is 15.9. The summed E-state index contributed by atoms with van der Waals surface area (Å²) in [6.45, 7) is 2.00. The van der Waals surface area contributed by atoms with Crippen molar-refractivity contribution < 1.29 is 8.83 Å². The number of fused-ring (bicyclic) bond motifs is 4. The van der Waals surface area contributed by atoms with E-state index in [0.29, 0.717) is 11.0 Å². The Morgan fingerprint density at radius 2 is 2.00 bits per heavy atom. The number of nitrogens with zero attached hydrogens (tertiary/aromatic N) is 1. The van der Waals surface area contributed by atoms with Gasteiger partial charge in [0.15, 0.2) is 0 Å². The van der Waals surface area contributed by atoms with Gasteiger partial charge in [0.05, 0.1) is 11.6 Å². The number of hydrogen-bond acceptors (Lipinski definition) is 4. The standard InChI is InChI=1S/C15H9NO3/c1-8-9-3-5-18-12(9)6-13-14(8)10-2-4-16-7-11(10)15(17)19-13/h2-7H,1H3. The number of rotatable bonds is 0. The minimum absolute atomic E-state index is 0.374. The van der Waals surface area contributed by atoms with E-state index < -0.39 is 0 Å². The van der Waals surface area contributed by atoms with E-state index in [2.05, 4.69) is 4.98 Å². The van der Waals surface area contributed by atoms with Crippen molar-refractivity contribution in [1.82, 2.24) is 4.98 Å². The van der Waals surface area contributed by atoms with Crippen LogP contribution in [0.5, 0.6) is 0 Å². The molecule has 0 spiro atoms. The Hall–Kier alpha value is -2.62. The lowest BCUT2D eigenvalue weighted by Crippen LogP contribution is -2.00. The van der Waals surface area contributed by atoms with Crippen LogP contribution in [0, 0.1) is 6.92 Å². The van der Waals surface area contributed by atoms with E-state index in [-0.39, 0.29) is 5.63 Å².